The second-order valence-corrected chi connectivity index (χ2v) is 4.11. The Labute approximate surface area is 79.4 Å². The normalized spacial score (nSPS) is 21.5. The van der Waals surface area contributed by atoms with Crippen molar-refractivity contribution >= 4 is 11.9 Å². The predicted octanol–water partition coefficient (Wildman–Crippen LogP) is 0.231. The van der Waals surface area contributed by atoms with E-state index in [-0.39, 0.29) is 0 Å². The van der Waals surface area contributed by atoms with Crippen LogP contribution >= 0.6 is 11.9 Å². The third kappa shape index (κ3) is 3.76. The second-order valence-electron chi connectivity index (χ2n) is 3.37. The zero-order valence-electron chi connectivity index (χ0n) is 7.83. The van der Waals surface area contributed by atoms with Gasteiger partial charge in [-0.15, -0.1) is 0 Å². The number of nitrogens with zero attached hydrogens (tertiary/aromatic N) is 2. The molecular formula is C8H19N3S. The lowest BCUT2D eigenvalue weighted by atomic mass is 10.3. The Balaban J connectivity index is 2.01. The maximum atomic E-state index is 5.36. The van der Waals surface area contributed by atoms with Crippen LogP contribution in [-0.2, 0) is 0 Å². The van der Waals surface area contributed by atoms with Crippen LogP contribution in [-0.4, -0.2) is 55.3 Å². The summed E-state index contributed by atoms with van der Waals surface area (Å²) in [6, 6.07) is 0. The van der Waals surface area contributed by atoms with E-state index in [2.05, 4.69) is 16.8 Å². The summed E-state index contributed by atoms with van der Waals surface area (Å²) in [7, 11) is 2.19. The van der Waals surface area contributed by atoms with Gasteiger partial charge >= 0.3 is 0 Å². The van der Waals surface area contributed by atoms with E-state index in [1.807, 2.05) is 0 Å². The highest BCUT2D eigenvalue weighted by molar-refractivity contribution is 7.97. The quantitative estimate of drug-likeness (QED) is 0.507. The number of hydrogen-bond acceptors (Lipinski definition) is 4. The van der Waals surface area contributed by atoms with Crippen LogP contribution in [0.4, 0.5) is 0 Å². The number of likely N-dealkylation sites (N-methyl/N-ethyl adjacent to an activating group) is 1. The molecule has 1 rings (SSSR count). The maximum absolute atomic E-state index is 5.36. The molecule has 1 heterocycles. The maximum Gasteiger partial charge on any atom is 0.0110 e. The number of hydrogen-bond donors (Lipinski definition) is 1. The van der Waals surface area contributed by atoms with Crippen molar-refractivity contribution in [2.45, 2.75) is 6.42 Å². The molecule has 72 valence electrons. The van der Waals surface area contributed by atoms with E-state index < -0.39 is 0 Å². The van der Waals surface area contributed by atoms with E-state index in [1.54, 1.807) is 0 Å². The van der Waals surface area contributed by atoms with Gasteiger partial charge in [0.15, 0.2) is 0 Å². The molecule has 0 atom stereocenters. The lowest BCUT2D eigenvalue weighted by molar-refractivity contribution is 0.154. The summed E-state index contributed by atoms with van der Waals surface area (Å²) in [5.74, 6) is 1.09. The van der Waals surface area contributed by atoms with E-state index in [9.17, 15) is 0 Å². The minimum Gasteiger partial charge on any atom is -0.304 e. The smallest absolute Gasteiger partial charge is 0.0110 e. The summed E-state index contributed by atoms with van der Waals surface area (Å²) in [6.45, 7) is 6.11. The van der Waals surface area contributed by atoms with Gasteiger partial charge in [0.1, 0.15) is 0 Å². The molecule has 0 saturated carbocycles. The monoisotopic (exact) mass is 189 g/mol. The number of rotatable bonds is 4. The van der Waals surface area contributed by atoms with Crippen molar-refractivity contribution < 1.29 is 0 Å². The van der Waals surface area contributed by atoms with Crippen LogP contribution in [0, 0.1) is 0 Å². The molecule has 0 radical (unpaired) electrons. The Hall–Kier alpha value is 0.230. The van der Waals surface area contributed by atoms with Gasteiger partial charge in [0.25, 0.3) is 0 Å². The molecule has 0 aromatic rings. The number of piperazine rings is 1. The fourth-order valence-corrected chi connectivity index (χ4v) is 1.74. The molecule has 2 N–H and O–H groups in total. The van der Waals surface area contributed by atoms with E-state index in [0.29, 0.717) is 0 Å². The highest BCUT2D eigenvalue weighted by Crippen LogP contribution is 2.01. The van der Waals surface area contributed by atoms with E-state index in [1.165, 1.54) is 51.1 Å². The summed E-state index contributed by atoms with van der Waals surface area (Å²) in [5.41, 5.74) is 0. The Morgan fingerprint density at radius 3 is 2.50 bits per heavy atom. The first-order valence-electron chi connectivity index (χ1n) is 4.55. The van der Waals surface area contributed by atoms with Crippen LogP contribution in [0.3, 0.4) is 0 Å². The molecule has 3 nitrogen and oxygen atoms in total. The molecule has 1 aliphatic rings. The first-order chi connectivity index (χ1) is 5.83. The molecule has 12 heavy (non-hydrogen) atoms. The molecule has 1 fully saturated rings. The lowest BCUT2D eigenvalue weighted by Gasteiger charge is -2.32. The average Bonchev–Trinajstić information content (AvgIpc) is 2.09. The minimum atomic E-state index is 1.09. The van der Waals surface area contributed by atoms with Crippen molar-refractivity contribution in [3.8, 4) is 0 Å². The van der Waals surface area contributed by atoms with E-state index in [0.717, 1.165) is 5.75 Å². The van der Waals surface area contributed by atoms with Crippen molar-refractivity contribution in [2.24, 2.45) is 5.14 Å². The standard InChI is InChI=1S/C8H19N3S/c1-10-4-6-11(7-5-10)3-2-8-12-9/h2-9H2,1H3. The molecule has 0 bridgehead atoms. The van der Waals surface area contributed by atoms with E-state index >= 15 is 0 Å². The van der Waals surface area contributed by atoms with Crippen molar-refractivity contribution in [1.29, 1.82) is 0 Å². The molecule has 0 aromatic heterocycles. The van der Waals surface area contributed by atoms with Gasteiger partial charge in [0.2, 0.25) is 0 Å². The molecule has 0 amide bonds. The Bertz CT molecular complexity index is 113. The fourth-order valence-electron chi connectivity index (χ4n) is 1.44. The van der Waals surface area contributed by atoms with Crippen molar-refractivity contribution in [3.05, 3.63) is 0 Å². The van der Waals surface area contributed by atoms with Crippen LogP contribution in [0.2, 0.25) is 0 Å². The lowest BCUT2D eigenvalue weighted by Crippen LogP contribution is -2.44. The van der Waals surface area contributed by atoms with Gasteiger partial charge in [-0.1, -0.05) is 11.9 Å². The first kappa shape index (κ1) is 10.3. The largest absolute Gasteiger partial charge is 0.304 e. The highest BCUT2D eigenvalue weighted by Gasteiger charge is 2.12. The molecule has 0 unspecified atom stereocenters. The topological polar surface area (TPSA) is 32.5 Å². The van der Waals surface area contributed by atoms with Crippen LogP contribution in [0.25, 0.3) is 0 Å². The molecule has 4 heteroatoms. The third-order valence-corrected chi connectivity index (χ3v) is 2.86. The zero-order chi connectivity index (χ0) is 8.81. The fraction of sp³-hybridized carbons (Fsp3) is 1.00. The van der Waals surface area contributed by atoms with Gasteiger partial charge in [0.05, 0.1) is 0 Å². The summed E-state index contributed by atoms with van der Waals surface area (Å²) in [5, 5.41) is 5.36. The van der Waals surface area contributed by atoms with Gasteiger partial charge in [0, 0.05) is 31.9 Å². The second kappa shape index (κ2) is 5.80. The molecule has 0 spiro atoms. The first-order valence-corrected chi connectivity index (χ1v) is 5.60. The minimum absolute atomic E-state index is 1.09. The van der Waals surface area contributed by atoms with Gasteiger partial charge < -0.3 is 9.80 Å². The van der Waals surface area contributed by atoms with Crippen molar-refractivity contribution in [3.63, 3.8) is 0 Å². The summed E-state index contributed by atoms with van der Waals surface area (Å²) in [4.78, 5) is 4.91. The summed E-state index contributed by atoms with van der Waals surface area (Å²) >= 11 is 1.45. The third-order valence-electron chi connectivity index (χ3n) is 2.33. The van der Waals surface area contributed by atoms with Crippen LogP contribution in [0.1, 0.15) is 6.42 Å². The summed E-state index contributed by atoms with van der Waals surface area (Å²) in [6.07, 6.45) is 1.23. The zero-order valence-corrected chi connectivity index (χ0v) is 8.65. The van der Waals surface area contributed by atoms with Crippen molar-refractivity contribution in [1.82, 2.24) is 9.80 Å². The van der Waals surface area contributed by atoms with Gasteiger partial charge in [-0.05, 0) is 20.0 Å². The van der Waals surface area contributed by atoms with Crippen LogP contribution in [0.15, 0.2) is 0 Å². The van der Waals surface area contributed by atoms with Gasteiger partial charge in [-0.25, -0.2) is 0 Å². The van der Waals surface area contributed by atoms with Crippen LogP contribution in [0.5, 0.6) is 0 Å². The SMILES string of the molecule is CN1CCN(CCCSN)CC1. The Morgan fingerprint density at radius 2 is 1.92 bits per heavy atom. The molecule has 1 aliphatic heterocycles. The Morgan fingerprint density at radius 1 is 1.25 bits per heavy atom. The van der Waals surface area contributed by atoms with E-state index in [4.69, 9.17) is 5.14 Å². The molecule has 0 aliphatic carbocycles. The Kier molecular flexibility index (Phi) is 4.99. The highest BCUT2D eigenvalue weighted by atomic mass is 32.2. The van der Waals surface area contributed by atoms with Crippen molar-refractivity contribution in [2.75, 3.05) is 45.5 Å². The molecule has 1 saturated heterocycles. The van der Waals surface area contributed by atoms with Crippen LogP contribution < -0.4 is 5.14 Å². The van der Waals surface area contributed by atoms with Gasteiger partial charge in [-0.3, -0.25) is 5.14 Å². The molecule has 0 aromatic carbocycles. The predicted molar refractivity (Wildman–Crippen MR) is 55.2 cm³/mol. The average molecular weight is 189 g/mol. The molecular weight excluding hydrogens is 170 g/mol. The van der Waals surface area contributed by atoms with Gasteiger partial charge in [-0.2, -0.15) is 0 Å². The summed E-state index contributed by atoms with van der Waals surface area (Å²) < 4.78 is 0. The number of nitrogens with two attached hydrogens (primary N) is 1.